The van der Waals surface area contributed by atoms with Crippen molar-refractivity contribution in [1.29, 1.82) is 0 Å². The van der Waals surface area contributed by atoms with Crippen molar-refractivity contribution in [3.63, 3.8) is 0 Å². The molecule has 3 rings (SSSR count). The third-order valence-electron chi connectivity index (χ3n) is 4.56. The molecule has 0 aliphatic carbocycles. The molecule has 0 fully saturated rings. The average Bonchev–Trinajstić information content (AvgIpc) is 2.88. The molecule has 0 aliphatic rings. The van der Waals surface area contributed by atoms with Crippen molar-refractivity contribution in [3.8, 4) is 0 Å². The molecular weight excluding hydrogens is 361 g/mol. The van der Waals surface area contributed by atoms with Gasteiger partial charge in [0.2, 0.25) is 0 Å². The van der Waals surface area contributed by atoms with Crippen molar-refractivity contribution in [3.05, 3.63) is 48.2 Å². The molecule has 0 saturated carbocycles. The quantitative estimate of drug-likeness (QED) is 0.529. The monoisotopic (exact) mass is 385 g/mol. The largest absolute Gasteiger partial charge is 0.461 e. The highest BCUT2D eigenvalue weighted by Gasteiger charge is 2.24. The Kier molecular flexibility index (Phi) is 5.06. The molecular formula is C20H24FN3O2Si. The first-order valence-electron chi connectivity index (χ1n) is 8.90. The van der Waals surface area contributed by atoms with Gasteiger partial charge < -0.3 is 14.6 Å². The number of pyridine rings is 1. The number of nitrogens with zero attached hydrogens (tertiary/aromatic N) is 2. The molecule has 0 bridgehead atoms. The van der Waals surface area contributed by atoms with Gasteiger partial charge in [-0.25, -0.2) is 9.18 Å². The number of aryl methyl sites for hydroxylation is 1. The third kappa shape index (κ3) is 3.59. The second kappa shape index (κ2) is 7.15. The van der Waals surface area contributed by atoms with Gasteiger partial charge in [0.25, 0.3) is 0 Å². The Balaban J connectivity index is 2.12. The molecule has 0 spiro atoms. The number of anilines is 2. The lowest BCUT2D eigenvalue weighted by Gasteiger charge is -2.18. The maximum Gasteiger partial charge on any atom is 0.357 e. The fourth-order valence-corrected chi connectivity index (χ4v) is 4.21. The van der Waals surface area contributed by atoms with Crippen molar-refractivity contribution < 1.29 is 13.9 Å². The van der Waals surface area contributed by atoms with E-state index in [0.717, 1.165) is 16.1 Å². The molecule has 0 aliphatic heterocycles. The highest BCUT2D eigenvalue weighted by molar-refractivity contribution is 6.88. The number of aromatic nitrogens is 2. The molecule has 2 aromatic heterocycles. The van der Waals surface area contributed by atoms with Gasteiger partial charge in [-0.15, -0.1) is 0 Å². The molecule has 0 amide bonds. The standard InChI is InChI=1S/C20H24FN3O2Si/c1-6-26-20(25)19-18(14-12-22-10-9-17(14)24(19)2)23-16-8-7-13(11-15(16)21)27(3,4)5/h7-12,23H,6H2,1-5H3. The van der Waals surface area contributed by atoms with Crippen LogP contribution in [0.1, 0.15) is 17.4 Å². The fourth-order valence-electron chi connectivity index (χ4n) is 3.07. The van der Waals surface area contributed by atoms with Crippen LogP contribution in [0.25, 0.3) is 10.9 Å². The van der Waals surface area contributed by atoms with Crippen LogP contribution in [0.5, 0.6) is 0 Å². The third-order valence-corrected chi connectivity index (χ3v) is 6.61. The smallest absolute Gasteiger partial charge is 0.357 e. The summed E-state index contributed by atoms with van der Waals surface area (Å²) in [5.74, 6) is -0.802. The number of rotatable bonds is 5. The predicted octanol–water partition coefficient (Wildman–Crippen LogP) is 4.18. The van der Waals surface area contributed by atoms with E-state index in [0.29, 0.717) is 17.1 Å². The number of ether oxygens (including phenoxy) is 1. The van der Waals surface area contributed by atoms with Crippen LogP contribution in [-0.2, 0) is 11.8 Å². The number of carbonyl (C=O) groups is 1. The molecule has 0 radical (unpaired) electrons. The summed E-state index contributed by atoms with van der Waals surface area (Å²) in [7, 11) is 0.167. The Bertz CT molecular complexity index is 1010. The number of hydrogen-bond donors (Lipinski definition) is 1. The van der Waals surface area contributed by atoms with E-state index in [1.165, 1.54) is 0 Å². The average molecular weight is 386 g/mol. The normalized spacial score (nSPS) is 11.6. The van der Waals surface area contributed by atoms with Crippen LogP contribution in [0.2, 0.25) is 19.6 Å². The van der Waals surface area contributed by atoms with Crippen molar-refractivity contribution >= 4 is 41.5 Å². The molecule has 0 unspecified atom stereocenters. The lowest BCUT2D eigenvalue weighted by Crippen LogP contribution is -2.37. The van der Waals surface area contributed by atoms with Gasteiger partial charge >= 0.3 is 5.97 Å². The summed E-state index contributed by atoms with van der Waals surface area (Å²) in [6.45, 7) is 8.53. The first-order chi connectivity index (χ1) is 12.7. The summed E-state index contributed by atoms with van der Waals surface area (Å²) in [6.07, 6.45) is 3.32. The van der Waals surface area contributed by atoms with E-state index in [1.54, 1.807) is 43.1 Å². The highest BCUT2D eigenvalue weighted by atomic mass is 28.3. The summed E-state index contributed by atoms with van der Waals surface area (Å²) >= 11 is 0. The molecule has 3 aromatic rings. The summed E-state index contributed by atoms with van der Waals surface area (Å²) in [6, 6.07) is 7.08. The molecule has 1 N–H and O–H groups in total. The molecule has 2 heterocycles. The number of esters is 1. The molecule has 142 valence electrons. The molecule has 1 aromatic carbocycles. The minimum Gasteiger partial charge on any atom is -0.461 e. The predicted molar refractivity (Wildman–Crippen MR) is 109 cm³/mol. The molecule has 0 atom stereocenters. The van der Waals surface area contributed by atoms with Gasteiger partial charge in [-0.1, -0.05) is 30.9 Å². The number of hydrogen-bond acceptors (Lipinski definition) is 4. The van der Waals surface area contributed by atoms with E-state index >= 15 is 0 Å². The van der Waals surface area contributed by atoms with E-state index in [2.05, 4.69) is 29.9 Å². The number of halogens is 1. The number of fused-ring (bicyclic) bond motifs is 1. The molecule has 0 saturated heterocycles. The fraction of sp³-hybridized carbons (Fsp3) is 0.300. The second-order valence-corrected chi connectivity index (χ2v) is 12.5. The highest BCUT2D eigenvalue weighted by Crippen LogP contribution is 2.33. The zero-order valence-electron chi connectivity index (χ0n) is 16.3. The zero-order valence-corrected chi connectivity index (χ0v) is 17.3. The Morgan fingerprint density at radius 2 is 2.04 bits per heavy atom. The van der Waals surface area contributed by atoms with Gasteiger partial charge in [-0.3, -0.25) is 4.98 Å². The van der Waals surface area contributed by atoms with E-state index in [9.17, 15) is 9.18 Å². The first kappa shape index (κ1) is 19.1. The summed E-state index contributed by atoms with van der Waals surface area (Å²) in [5, 5.41) is 4.87. The van der Waals surface area contributed by atoms with Crippen molar-refractivity contribution in [2.45, 2.75) is 26.6 Å². The zero-order chi connectivity index (χ0) is 19.8. The van der Waals surface area contributed by atoms with Gasteiger partial charge in [0.1, 0.15) is 5.82 Å². The Labute approximate surface area is 159 Å². The minimum atomic E-state index is -1.61. The van der Waals surface area contributed by atoms with Crippen LogP contribution in [0, 0.1) is 5.82 Å². The summed E-state index contributed by atoms with van der Waals surface area (Å²) < 4.78 is 21.7. The number of nitrogens with one attached hydrogen (secondary N) is 1. The van der Waals surface area contributed by atoms with E-state index < -0.39 is 14.0 Å². The van der Waals surface area contributed by atoms with Gasteiger partial charge in [0.05, 0.1) is 31.6 Å². The van der Waals surface area contributed by atoms with Crippen LogP contribution < -0.4 is 10.5 Å². The van der Waals surface area contributed by atoms with E-state index in [4.69, 9.17) is 4.74 Å². The Morgan fingerprint density at radius 1 is 1.30 bits per heavy atom. The SMILES string of the molecule is CCOC(=O)c1c(Nc2ccc([Si](C)(C)C)cc2F)c2cnccc2n1C. The second-order valence-electron chi connectivity index (χ2n) is 7.47. The Morgan fingerprint density at radius 3 is 2.67 bits per heavy atom. The maximum atomic E-state index is 14.8. The van der Waals surface area contributed by atoms with Crippen LogP contribution in [0.3, 0.4) is 0 Å². The summed E-state index contributed by atoms with van der Waals surface area (Å²) in [5.41, 5.74) is 1.97. The summed E-state index contributed by atoms with van der Waals surface area (Å²) in [4.78, 5) is 16.7. The molecule has 27 heavy (non-hydrogen) atoms. The van der Waals surface area contributed by atoms with Gasteiger partial charge in [0.15, 0.2) is 5.69 Å². The molecule has 5 nitrogen and oxygen atoms in total. The number of carbonyl (C=O) groups excluding carboxylic acids is 1. The molecule has 7 heteroatoms. The Hall–Kier alpha value is -2.67. The first-order valence-corrected chi connectivity index (χ1v) is 12.4. The maximum absolute atomic E-state index is 14.8. The minimum absolute atomic E-state index is 0.261. The van der Waals surface area contributed by atoms with Crippen LogP contribution in [0.4, 0.5) is 15.8 Å². The van der Waals surface area contributed by atoms with Crippen LogP contribution >= 0.6 is 0 Å². The van der Waals surface area contributed by atoms with Gasteiger partial charge in [0, 0.05) is 24.8 Å². The lowest BCUT2D eigenvalue weighted by atomic mass is 10.2. The van der Waals surface area contributed by atoms with Crippen molar-refractivity contribution in [2.24, 2.45) is 7.05 Å². The van der Waals surface area contributed by atoms with E-state index in [1.807, 2.05) is 12.1 Å². The van der Waals surface area contributed by atoms with Gasteiger partial charge in [-0.05, 0) is 25.1 Å². The topological polar surface area (TPSA) is 56.1 Å². The number of benzene rings is 1. The lowest BCUT2D eigenvalue weighted by molar-refractivity contribution is 0.0517. The van der Waals surface area contributed by atoms with Crippen molar-refractivity contribution in [1.82, 2.24) is 9.55 Å². The van der Waals surface area contributed by atoms with Crippen LogP contribution in [-0.4, -0.2) is 30.2 Å². The van der Waals surface area contributed by atoms with Crippen LogP contribution in [0.15, 0.2) is 36.7 Å². The van der Waals surface area contributed by atoms with Gasteiger partial charge in [-0.2, -0.15) is 0 Å². The van der Waals surface area contributed by atoms with E-state index in [-0.39, 0.29) is 12.4 Å². The van der Waals surface area contributed by atoms with Crippen molar-refractivity contribution in [2.75, 3.05) is 11.9 Å².